The number of rotatable bonds is 6. The van der Waals surface area contributed by atoms with Gasteiger partial charge in [0.15, 0.2) is 28.9 Å². The average molecular weight is 485 g/mol. The molecule has 0 spiro atoms. The van der Waals surface area contributed by atoms with Crippen molar-refractivity contribution in [3.05, 3.63) is 113 Å². The summed E-state index contributed by atoms with van der Waals surface area (Å²) in [7, 11) is 0. The van der Waals surface area contributed by atoms with Crippen molar-refractivity contribution in [3.8, 4) is 0 Å². The molecule has 3 aromatic rings. The molecule has 0 aliphatic heterocycles. The Hall–Kier alpha value is -4.25. The first-order valence-corrected chi connectivity index (χ1v) is 11.3. The molecule has 0 aliphatic rings. The van der Waals surface area contributed by atoms with Crippen molar-refractivity contribution in [2.45, 2.75) is 41.5 Å². The van der Waals surface area contributed by atoms with Gasteiger partial charge >= 0.3 is 0 Å². The van der Waals surface area contributed by atoms with E-state index < -0.39 is 0 Å². The number of carbonyl (C=O) groups excluding carboxylic acids is 5. The zero-order valence-electron chi connectivity index (χ0n) is 21.7. The standard InChI is InChI=1S/C11H12O.2C10H10O2/c1-8(2)10-4-6-11(7-5-10)9(3)12;1-7(11)9-4-3-5-10(6-9)8(2)12;1-7(11)9-5-3-4-6-10(9)8(2)12/h4-7H,1H2,2-3H3;2*3-6H,1-2H3. The highest BCUT2D eigenvalue weighted by atomic mass is 16.1. The summed E-state index contributed by atoms with van der Waals surface area (Å²) in [5, 5.41) is 0. The monoisotopic (exact) mass is 484 g/mol. The number of allylic oxidation sites excluding steroid dienone is 1. The zero-order chi connectivity index (χ0) is 27.4. The molecule has 3 rings (SSSR count). The van der Waals surface area contributed by atoms with Crippen molar-refractivity contribution in [1.29, 1.82) is 0 Å². The van der Waals surface area contributed by atoms with Gasteiger partial charge in [-0.2, -0.15) is 0 Å². The molecule has 36 heavy (non-hydrogen) atoms. The van der Waals surface area contributed by atoms with Crippen LogP contribution in [0.25, 0.3) is 5.57 Å². The van der Waals surface area contributed by atoms with Crippen molar-refractivity contribution >= 4 is 34.5 Å². The maximum absolute atomic E-state index is 11.0. The molecule has 0 heterocycles. The van der Waals surface area contributed by atoms with Crippen LogP contribution < -0.4 is 0 Å². The Kier molecular flexibility index (Phi) is 11.8. The van der Waals surface area contributed by atoms with E-state index in [1.165, 1.54) is 27.7 Å². The summed E-state index contributed by atoms with van der Waals surface area (Å²) in [4.78, 5) is 54.8. The molecule has 0 radical (unpaired) electrons. The van der Waals surface area contributed by atoms with Crippen LogP contribution in [0.15, 0.2) is 79.4 Å². The van der Waals surface area contributed by atoms with Crippen LogP contribution in [0, 0.1) is 0 Å². The molecule has 0 N–H and O–H groups in total. The van der Waals surface area contributed by atoms with E-state index in [-0.39, 0.29) is 28.9 Å². The molecule has 186 valence electrons. The number of ketones is 5. The van der Waals surface area contributed by atoms with Gasteiger partial charge in [0.25, 0.3) is 0 Å². The predicted molar refractivity (Wildman–Crippen MR) is 144 cm³/mol. The Morgan fingerprint density at radius 1 is 0.444 bits per heavy atom. The van der Waals surface area contributed by atoms with Gasteiger partial charge in [-0.3, -0.25) is 24.0 Å². The van der Waals surface area contributed by atoms with Gasteiger partial charge in [0.05, 0.1) is 0 Å². The molecule has 0 saturated carbocycles. The van der Waals surface area contributed by atoms with Crippen LogP contribution in [0.2, 0.25) is 0 Å². The molecule has 0 atom stereocenters. The molecular formula is C31H32O5. The van der Waals surface area contributed by atoms with Crippen molar-refractivity contribution < 1.29 is 24.0 Å². The SMILES string of the molecule is C=C(C)c1ccc(C(C)=O)cc1.CC(=O)c1cccc(C(C)=O)c1.CC(=O)c1ccccc1C(C)=O. The van der Waals surface area contributed by atoms with Crippen LogP contribution in [-0.2, 0) is 0 Å². The van der Waals surface area contributed by atoms with E-state index in [0.717, 1.165) is 16.7 Å². The van der Waals surface area contributed by atoms with E-state index in [4.69, 9.17) is 0 Å². The first-order valence-electron chi connectivity index (χ1n) is 11.3. The number of Topliss-reactive ketones (excluding diaryl/α,β-unsaturated/α-hetero) is 5. The van der Waals surface area contributed by atoms with Crippen LogP contribution in [0.3, 0.4) is 0 Å². The third-order valence-corrected chi connectivity index (χ3v) is 5.15. The lowest BCUT2D eigenvalue weighted by molar-refractivity contribution is 0.0981. The van der Waals surface area contributed by atoms with Crippen LogP contribution in [0.4, 0.5) is 0 Å². The lowest BCUT2D eigenvalue weighted by atomic mass is 10.0. The van der Waals surface area contributed by atoms with Gasteiger partial charge in [-0.25, -0.2) is 0 Å². The van der Waals surface area contributed by atoms with Gasteiger partial charge in [0, 0.05) is 27.8 Å². The molecule has 0 unspecified atom stereocenters. The Balaban J connectivity index is 0.000000270. The molecular weight excluding hydrogens is 452 g/mol. The quantitative estimate of drug-likeness (QED) is 0.348. The van der Waals surface area contributed by atoms with Gasteiger partial charge in [0.1, 0.15) is 0 Å². The fourth-order valence-corrected chi connectivity index (χ4v) is 3.04. The molecule has 0 fully saturated rings. The van der Waals surface area contributed by atoms with E-state index in [0.29, 0.717) is 22.3 Å². The Labute approximate surface area is 212 Å². The minimum absolute atomic E-state index is 0.0156. The van der Waals surface area contributed by atoms with Gasteiger partial charge in [-0.1, -0.05) is 78.9 Å². The van der Waals surface area contributed by atoms with Crippen LogP contribution in [-0.4, -0.2) is 28.9 Å². The second kappa shape index (κ2) is 14.2. The highest BCUT2D eigenvalue weighted by Crippen LogP contribution is 2.12. The molecule has 5 nitrogen and oxygen atoms in total. The molecule has 5 heteroatoms. The maximum Gasteiger partial charge on any atom is 0.160 e. The molecule has 0 bridgehead atoms. The van der Waals surface area contributed by atoms with Crippen molar-refractivity contribution in [3.63, 3.8) is 0 Å². The van der Waals surface area contributed by atoms with Crippen molar-refractivity contribution in [1.82, 2.24) is 0 Å². The minimum Gasteiger partial charge on any atom is -0.295 e. The van der Waals surface area contributed by atoms with E-state index in [1.54, 1.807) is 55.5 Å². The summed E-state index contributed by atoms with van der Waals surface area (Å²) in [6.45, 7) is 13.2. The molecule has 0 aliphatic carbocycles. The van der Waals surface area contributed by atoms with E-state index in [9.17, 15) is 24.0 Å². The number of carbonyl (C=O) groups is 5. The first-order chi connectivity index (χ1) is 16.8. The number of hydrogen-bond acceptors (Lipinski definition) is 5. The highest BCUT2D eigenvalue weighted by Gasteiger charge is 2.08. The molecule has 0 aromatic heterocycles. The summed E-state index contributed by atoms with van der Waals surface area (Å²) >= 11 is 0. The van der Waals surface area contributed by atoms with Crippen LogP contribution in [0.5, 0.6) is 0 Å². The van der Waals surface area contributed by atoms with Gasteiger partial charge in [0.2, 0.25) is 0 Å². The van der Waals surface area contributed by atoms with E-state index in [1.807, 2.05) is 31.2 Å². The number of hydrogen-bond donors (Lipinski definition) is 0. The smallest absolute Gasteiger partial charge is 0.160 e. The number of benzene rings is 3. The molecule has 0 saturated heterocycles. The van der Waals surface area contributed by atoms with Crippen LogP contribution in [0.1, 0.15) is 98.9 Å². The molecule has 0 amide bonds. The van der Waals surface area contributed by atoms with Crippen molar-refractivity contribution in [2.24, 2.45) is 0 Å². The van der Waals surface area contributed by atoms with E-state index in [2.05, 4.69) is 6.58 Å². The zero-order valence-corrected chi connectivity index (χ0v) is 21.7. The largest absolute Gasteiger partial charge is 0.295 e. The summed E-state index contributed by atoms with van der Waals surface area (Å²) < 4.78 is 0. The fourth-order valence-electron chi connectivity index (χ4n) is 3.04. The lowest BCUT2D eigenvalue weighted by Gasteiger charge is -2.00. The Bertz CT molecular complexity index is 1190. The third-order valence-electron chi connectivity index (χ3n) is 5.15. The minimum atomic E-state index is -0.0687. The van der Waals surface area contributed by atoms with Crippen molar-refractivity contribution in [2.75, 3.05) is 0 Å². The van der Waals surface area contributed by atoms with Crippen LogP contribution >= 0.6 is 0 Å². The highest BCUT2D eigenvalue weighted by molar-refractivity contribution is 6.07. The average Bonchev–Trinajstić information content (AvgIpc) is 2.84. The normalized spacial score (nSPS) is 9.50. The summed E-state index contributed by atoms with van der Waals surface area (Å²) in [5.41, 5.74) is 5.03. The topological polar surface area (TPSA) is 85.3 Å². The molecule has 3 aromatic carbocycles. The lowest BCUT2D eigenvalue weighted by Crippen LogP contribution is -2.02. The Morgan fingerprint density at radius 3 is 1.11 bits per heavy atom. The summed E-state index contributed by atoms with van der Waals surface area (Å²) in [6, 6.07) is 21.1. The van der Waals surface area contributed by atoms with Gasteiger partial charge in [-0.05, 0) is 53.2 Å². The Morgan fingerprint density at radius 2 is 0.806 bits per heavy atom. The summed E-state index contributed by atoms with van der Waals surface area (Å²) in [6.07, 6.45) is 0. The second-order valence-corrected chi connectivity index (χ2v) is 8.26. The second-order valence-electron chi connectivity index (χ2n) is 8.26. The predicted octanol–water partition coefficient (Wildman–Crippen LogP) is 7.11. The first kappa shape index (κ1) is 29.8. The van der Waals surface area contributed by atoms with E-state index >= 15 is 0 Å². The van der Waals surface area contributed by atoms with Gasteiger partial charge < -0.3 is 0 Å². The van der Waals surface area contributed by atoms with Gasteiger partial charge in [-0.15, -0.1) is 0 Å². The summed E-state index contributed by atoms with van der Waals surface area (Å²) in [5.74, 6) is -0.0685. The third kappa shape index (κ3) is 9.55. The maximum atomic E-state index is 11.0. The fraction of sp³-hybridized carbons (Fsp3) is 0.194.